The Balaban J connectivity index is 4.44. The van der Waals surface area contributed by atoms with Crippen molar-refractivity contribution in [3.63, 3.8) is 0 Å². The van der Waals surface area contributed by atoms with E-state index in [0.29, 0.717) is 19.3 Å². The van der Waals surface area contributed by atoms with Gasteiger partial charge in [-0.3, -0.25) is 9.59 Å². The minimum absolute atomic E-state index is 0.0763. The average Bonchev–Trinajstić information content (AvgIpc) is 3.13. The molecule has 6 heteroatoms. The SMILES string of the molecule is CCCCCCCCC/C=C\CCCCCC(=O)OC(CCCCCCCCC)CC(=O)NC(CO)C(O)CCCCCCCCCCCCCC. The third kappa shape index (κ3) is 35.6. The van der Waals surface area contributed by atoms with Gasteiger partial charge in [-0.1, -0.05) is 193 Å². The highest BCUT2D eigenvalue weighted by Gasteiger charge is 2.24. The van der Waals surface area contributed by atoms with E-state index < -0.39 is 18.2 Å². The Bertz CT molecular complexity index is 787. The van der Waals surface area contributed by atoms with Crippen molar-refractivity contribution < 1.29 is 24.5 Å². The maximum atomic E-state index is 13.1. The zero-order valence-corrected chi connectivity index (χ0v) is 35.0. The molecule has 3 atom stereocenters. The fourth-order valence-electron chi connectivity index (χ4n) is 7.07. The Morgan fingerprint density at radius 3 is 1.37 bits per heavy atom. The number of unbranched alkanes of at least 4 members (excludes halogenated alkanes) is 27. The number of hydrogen-bond acceptors (Lipinski definition) is 5. The number of amides is 1. The summed E-state index contributed by atoms with van der Waals surface area (Å²) in [6, 6.07) is -0.695. The Kier molecular flexibility index (Phi) is 39.7. The monoisotopic (exact) mass is 736 g/mol. The van der Waals surface area contributed by atoms with Crippen LogP contribution in [-0.4, -0.2) is 46.9 Å². The van der Waals surface area contributed by atoms with Gasteiger partial charge in [-0.2, -0.15) is 0 Å². The molecule has 0 rings (SSSR count). The molecule has 0 saturated heterocycles. The number of rotatable bonds is 41. The molecule has 52 heavy (non-hydrogen) atoms. The summed E-state index contributed by atoms with van der Waals surface area (Å²) in [6.07, 6.45) is 42.8. The van der Waals surface area contributed by atoms with Crippen LogP contribution in [0.1, 0.15) is 245 Å². The predicted octanol–water partition coefficient (Wildman–Crippen LogP) is 13.0. The van der Waals surface area contributed by atoms with Gasteiger partial charge in [0.15, 0.2) is 0 Å². The van der Waals surface area contributed by atoms with E-state index in [2.05, 4.69) is 38.2 Å². The molecule has 0 aromatic heterocycles. The maximum absolute atomic E-state index is 13.1. The Hall–Kier alpha value is -1.40. The van der Waals surface area contributed by atoms with E-state index in [1.54, 1.807) is 0 Å². The molecule has 308 valence electrons. The van der Waals surface area contributed by atoms with Gasteiger partial charge in [-0.25, -0.2) is 0 Å². The third-order valence-corrected chi connectivity index (χ3v) is 10.6. The molecular weight excluding hydrogens is 647 g/mol. The Morgan fingerprint density at radius 2 is 0.923 bits per heavy atom. The van der Waals surface area contributed by atoms with E-state index in [0.717, 1.165) is 57.8 Å². The fraction of sp³-hybridized carbons (Fsp3) is 0.913. The number of carbonyl (C=O) groups excluding carboxylic acids is 2. The summed E-state index contributed by atoms with van der Waals surface area (Å²) >= 11 is 0. The van der Waals surface area contributed by atoms with Gasteiger partial charge in [0.2, 0.25) is 5.91 Å². The third-order valence-electron chi connectivity index (χ3n) is 10.6. The van der Waals surface area contributed by atoms with Crippen LogP contribution in [0.25, 0.3) is 0 Å². The maximum Gasteiger partial charge on any atom is 0.306 e. The van der Waals surface area contributed by atoms with Gasteiger partial charge in [0.1, 0.15) is 6.10 Å². The fourth-order valence-corrected chi connectivity index (χ4v) is 7.07. The summed E-state index contributed by atoms with van der Waals surface area (Å²) in [5, 5.41) is 23.6. The van der Waals surface area contributed by atoms with Crippen LogP contribution in [0, 0.1) is 0 Å². The highest BCUT2D eigenvalue weighted by atomic mass is 16.5. The molecule has 0 bridgehead atoms. The first kappa shape index (κ1) is 50.6. The predicted molar refractivity (Wildman–Crippen MR) is 223 cm³/mol. The molecule has 0 aromatic carbocycles. The summed E-state index contributed by atoms with van der Waals surface area (Å²) in [4.78, 5) is 25.8. The van der Waals surface area contributed by atoms with Crippen LogP contribution in [-0.2, 0) is 14.3 Å². The number of carbonyl (C=O) groups is 2. The van der Waals surface area contributed by atoms with Gasteiger partial charge in [0.25, 0.3) is 0 Å². The summed E-state index contributed by atoms with van der Waals surface area (Å²) in [7, 11) is 0. The Morgan fingerprint density at radius 1 is 0.538 bits per heavy atom. The van der Waals surface area contributed by atoms with E-state index in [-0.39, 0.29) is 24.9 Å². The van der Waals surface area contributed by atoms with Crippen LogP contribution >= 0.6 is 0 Å². The van der Waals surface area contributed by atoms with Crippen LogP contribution in [0.4, 0.5) is 0 Å². The van der Waals surface area contributed by atoms with Crippen LogP contribution in [0.2, 0.25) is 0 Å². The normalized spacial score (nSPS) is 13.4. The first-order chi connectivity index (χ1) is 25.5. The van der Waals surface area contributed by atoms with Gasteiger partial charge in [0, 0.05) is 6.42 Å². The molecule has 3 unspecified atom stereocenters. The lowest BCUT2D eigenvalue weighted by Crippen LogP contribution is -2.46. The molecule has 0 heterocycles. The second-order valence-corrected chi connectivity index (χ2v) is 15.8. The minimum atomic E-state index is -0.781. The molecule has 0 aliphatic rings. The number of ether oxygens (including phenoxy) is 1. The van der Waals surface area contributed by atoms with Crippen LogP contribution in [0.3, 0.4) is 0 Å². The van der Waals surface area contributed by atoms with Gasteiger partial charge in [-0.15, -0.1) is 0 Å². The largest absolute Gasteiger partial charge is 0.462 e. The number of allylic oxidation sites excluding steroid dienone is 2. The summed E-state index contributed by atoms with van der Waals surface area (Å²) in [5.74, 6) is -0.488. The number of aliphatic hydroxyl groups is 2. The lowest BCUT2D eigenvalue weighted by molar-refractivity contribution is -0.151. The van der Waals surface area contributed by atoms with Gasteiger partial charge in [0.05, 0.1) is 25.2 Å². The molecule has 0 radical (unpaired) electrons. The molecule has 0 fully saturated rings. The van der Waals surface area contributed by atoms with Crippen molar-refractivity contribution >= 4 is 11.9 Å². The lowest BCUT2D eigenvalue weighted by Gasteiger charge is -2.24. The van der Waals surface area contributed by atoms with Gasteiger partial charge < -0.3 is 20.3 Å². The molecule has 0 spiro atoms. The smallest absolute Gasteiger partial charge is 0.306 e. The second kappa shape index (κ2) is 40.8. The first-order valence-electron chi connectivity index (χ1n) is 22.9. The molecule has 0 saturated carbocycles. The summed E-state index contributed by atoms with van der Waals surface area (Å²) in [5.41, 5.74) is 0. The van der Waals surface area contributed by atoms with Crippen molar-refractivity contribution in [1.82, 2.24) is 5.32 Å². The molecule has 6 nitrogen and oxygen atoms in total. The van der Waals surface area contributed by atoms with Crippen molar-refractivity contribution in [3.8, 4) is 0 Å². The zero-order valence-electron chi connectivity index (χ0n) is 35.0. The highest BCUT2D eigenvalue weighted by molar-refractivity contribution is 5.77. The van der Waals surface area contributed by atoms with E-state index in [1.165, 1.54) is 141 Å². The first-order valence-corrected chi connectivity index (χ1v) is 22.9. The summed E-state index contributed by atoms with van der Waals surface area (Å²) in [6.45, 7) is 6.44. The Labute approximate surface area is 323 Å². The van der Waals surface area contributed by atoms with E-state index >= 15 is 0 Å². The van der Waals surface area contributed by atoms with Crippen molar-refractivity contribution in [1.29, 1.82) is 0 Å². The molecule has 0 aliphatic heterocycles. The van der Waals surface area contributed by atoms with Crippen molar-refractivity contribution in [2.75, 3.05) is 6.61 Å². The van der Waals surface area contributed by atoms with Crippen molar-refractivity contribution in [2.45, 2.75) is 264 Å². The number of esters is 1. The van der Waals surface area contributed by atoms with Crippen molar-refractivity contribution in [2.24, 2.45) is 0 Å². The van der Waals surface area contributed by atoms with Gasteiger partial charge >= 0.3 is 5.97 Å². The minimum Gasteiger partial charge on any atom is -0.462 e. The van der Waals surface area contributed by atoms with Gasteiger partial charge in [-0.05, 0) is 51.4 Å². The summed E-state index contributed by atoms with van der Waals surface area (Å²) < 4.78 is 5.87. The molecule has 0 aromatic rings. The topological polar surface area (TPSA) is 95.9 Å². The molecule has 1 amide bonds. The van der Waals surface area contributed by atoms with E-state index in [9.17, 15) is 19.8 Å². The second-order valence-electron chi connectivity index (χ2n) is 15.8. The van der Waals surface area contributed by atoms with Crippen molar-refractivity contribution in [3.05, 3.63) is 12.2 Å². The average molecular weight is 736 g/mol. The molecule has 0 aliphatic carbocycles. The van der Waals surface area contributed by atoms with Crippen LogP contribution in [0.15, 0.2) is 12.2 Å². The van der Waals surface area contributed by atoms with Crippen LogP contribution in [0.5, 0.6) is 0 Å². The molecule has 3 N–H and O–H groups in total. The highest BCUT2D eigenvalue weighted by Crippen LogP contribution is 2.17. The molecular formula is C46H89NO5. The number of aliphatic hydroxyl groups excluding tert-OH is 2. The number of nitrogens with one attached hydrogen (secondary N) is 1. The van der Waals surface area contributed by atoms with E-state index in [4.69, 9.17) is 4.74 Å². The van der Waals surface area contributed by atoms with Crippen LogP contribution < -0.4 is 5.32 Å². The number of hydrogen-bond donors (Lipinski definition) is 3. The van der Waals surface area contributed by atoms with E-state index in [1.807, 2.05) is 0 Å². The zero-order chi connectivity index (χ0) is 38.2. The standard InChI is InChI=1S/C46H89NO5/c1-4-7-10-13-16-18-20-22-23-25-27-30-33-36-39-46(51)52-42(37-34-31-28-15-12-9-6-3)40-45(50)47-43(41-48)44(49)38-35-32-29-26-24-21-19-17-14-11-8-5-2/h23,25,42-44,48-49H,4-22,24,26-41H2,1-3H3,(H,47,50)/b25-23-. The lowest BCUT2D eigenvalue weighted by atomic mass is 10.0. The quantitative estimate of drug-likeness (QED) is 0.0330.